The van der Waals surface area contributed by atoms with Crippen molar-refractivity contribution in [2.75, 3.05) is 5.75 Å². The Balaban J connectivity index is 2.15. The van der Waals surface area contributed by atoms with E-state index in [0.29, 0.717) is 10.1 Å². The van der Waals surface area contributed by atoms with E-state index < -0.39 is 0 Å². The lowest BCUT2D eigenvalue weighted by Gasteiger charge is -2.05. The fourth-order valence-corrected chi connectivity index (χ4v) is 3.92. The zero-order chi connectivity index (χ0) is 11.7. The van der Waals surface area contributed by atoms with Gasteiger partial charge in [-0.25, -0.2) is 0 Å². The van der Waals surface area contributed by atoms with Gasteiger partial charge in [-0.2, -0.15) is 10.1 Å². The predicted molar refractivity (Wildman–Crippen MR) is 79.2 cm³/mol. The summed E-state index contributed by atoms with van der Waals surface area (Å²) < 4.78 is 2.48. The molecule has 1 aliphatic rings. The molecule has 0 N–H and O–H groups in total. The van der Waals surface area contributed by atoms with Gasteiger partial charge in [-0.15, -0.1) is 11.3 Å². The number of nitrogens with zero attached hydrogens (tertiary/aromatic N) is 2. The van der Waals surface area contributed by atoms with Crippen LogP contribution in [0.15, 0.2) is 19.4 Å². The second-order valence-electron chi connectivity index (χ2n) is 2.78. The molecule has 1 aromatic heterocycles. The van der Waals surface area contributed by atoms with Crippen LogP contribution in [0.25, 0.3) is 0 Å². The average molecular weight is 400 g/mol. The molecule has 1 saturated heterocycles. The fraction of sp³-hybridized carbons (Fsp3) is 0.125. The molecule has 2 rings (SSSR count). The van der Waals surface area contributed by atoms with Crippen LogP contribution in [0.4, 0.5) is 0 Å². The van der Waals surface area contributed by atoms with Crippen LogP contribution in [0.3, 0.4) is 0 Å². The van der Waals surface area contributed by atoms with Crippen LogP contribution in [0.2, 0.25) is 0 Å². The molecule has 1 fully saturated rings. The standard InChI is InChI=1S/C8H4Br2N2OS3/c9-5-1-4(16-7(5)10)2-11-12-6(13)3-15-8(12)14/h1-2H,3H2/b11-2+. The summed E-state index contributed by atoms with van der Waals surface area (Å²) in [5, 5.41) is 5.34. The summed E-state index contributed by atoms with van der Waals surface area (Å²) in [5.74, 6) is 0.314. The van der Waals surface area contributed by atoms with Gasteiger partial charge in [0.2, 0.25) is 0 Å². The van der Waals surface area contributed by atoms with Gasteiger partial charge in [0.1, 0.15) is 0 Å². The van der Waals surface area contributed by atoms with Crippen molar-refractivity contribution in [2.24, 2.45) is 5.10 Å². The Hall–Kier alpha value is 0.240. The summed E-state index contributed by atoms with van der Waals surface area (Å²) >= 11 is 14.6. The maximum Gasteiger partial charge on any atom is 0.259 e. The summed E-state index contributed by atoms with van der Waals surface area (Å²) in [6.07, 6.45) is 1.64. The van der Waals surface area contributed by atoms with Gasteiger partial charge >= 0.3 is 0 Å². The predicted octanol–water partition coefficient (Wildman–Crippen LogP) is 3.47. The number of halogens is 2. The van der Waals surface area contributed by atoms with Crippen molar-refractivity contribution in [3.8, 4) is 0 Å². The van der Waals surface area contributed by atoms with E-state index in [0.717, 1.165) is 13.1 Å². The van der Waals surface area contributed by atoms with Gasteiger partial charge in [0, 0.05) is 9.35 Å². The minimum atomic E-state index is -0.0686. The third-order valence-corrected chi connectivity index (χ3v) is 6.22. The van der Waals surface area contributed by atoms with Crippen LogP contribution >= 0.6 is 67.2 Å². The van der Waals surface area contributed by atoms with Gasteiger partial charge in [-0.1, -0.05) is 24.0 Å². The van der Waals surface area contributed by atoms with E-state index in [-0.39, 0.29) is 5.91 Å². The summed E-state index contributed by atoms with van der Waals surface area (Å²) in [4.78, 5) is 12.3. The molecule has 0 radical (unpaired) electrons. The van der Waals surface area contributed by atoms with Gasteiger partial charge in [0.05, 0.1) is 15.8 Å². The van der Waals surface area contributed by atoms with E-state index in [1.54, 1.807) is 6.21 Å². The van der Waals surface area contributed by atoms with Gasteiger partial charge in [-0.05, 0) is 37.9 Å². The molecule has 84 valence electrons. The van der Waals surface area contributed by atoms with Gasteiger partial charge in [0.25, 0.3) is 5.91 Å². The highest BCUT2D eigenvalue weighted by molar-refractivity contribution is 9.13. The van der Waals surface area contributed by atoms with Crippen LogP contribution in [0.5, 0.6) is 0 Å². The van der Waals surface area contributed by atoms with Crippen LogP contribution in [0, 0.1) is 0 Å². The number of thiocarbonyl (C=S) groups is 1. The van der Waals surface area contributed by atoms with Gasteiger partial charge in [-0.3, -0.25) is 4.79 Å². The molecule has 8 heteroatoms. The number of rotatable bonds is 2. The molecule has 0 spiro atoms. The lowest BCUT2D eigenvalue weighted by molar-refractivity contribution is -0.123. The van der Waals surface area contributed by atoms with Crippen LogP contribution < -0.4 is 0 Å². The Kier molecular flexibility index (Phi) is 4.17. The first kappa shape index (κ1) is 12.7. The van der Waals surface area contributed by atoms with E-state index in [1.807, 2.05) is 6.07 Å². The molecular weight excluding hydrogens is 396 g/mol. The van der Waals surface area contributed by atoms with Crippen molar-refractivity contribution >= 4 is 83.6 Å². The third-order valence-electron chi connectivity index (χ3n) is 1.69. The van der Waals surface area contributed by atoms with Crippen LogP contribution in [-0.4, -0.2) is 27.2 Å². The van der Waals surface area contributed by atoms with E-state index in [9.17, 15) is 4.79 Å². The molecule has 0 saturated carbocycles. The van der Waals surface area contributed by atoms with Crippen molar-refractivity contribution < 1.29 is 4.79 Å². The largest absolute Gasteiger partial charge is 0.272 e. The van der Waals surface area contributed by atoms with Crippen molar-refractivity contribution in [3.05, 3.63) is 19.2 Å². The third kappa shape index (κ3) is 2.73. The molecule has 0 aliphatic carbocycles. The molecule has 0 bridgehead atoms. The Morgan fingerprint density at radius 2 is 2.31 bits per heavy atom. The summed E-state index contributed by atoms with van der Waals surface area (Å²) in [6, 6.07) is 1.93. The molecule has 1 aliphatic heterocycles. The van der Waals surface area contributed by atoms with Crippen molar-refractivity contribution in [1.82, 2.24) is 5.01 Å². The SMILES string of the molecule is O=C1CSC(=S)N1/N=C/c1cc(Br)c(Br)s1. The van der Waals surface area contributed by atoms with Gasteiger partial charge in [0.15, 0.2) is 4.32 Å². The molecule has 1 aromatic rings. The number of hydrazone groups is 1. The number of hydrogen-bond donors (Lipinski definition) is 0. The first-order valence-electron chi connectivity index (χ1n) is 4.06. The average Bonchev–Trinajstić information content (AvgIpc) is 2.70. The minimum absolute atomic E-state index is 0.0686. The van der Waals surface area contributed by atoms with E-state index in [2.05, 4.69) is 37.0 Å². The topological polar surface area (TPSA) is 32.7 Å². The summed E-state index contributed by atoms with van der Waals surface area (Å²) in [7, 11) is 0. The maximum atomic E-state index is 11.4. The smallest absolute Gasteiger partial charge is 0.259 e. The molecule has 2 heterocycles. The van der Waals surface area contributed by atoms with E-state index >= 15 is 0 Å². The Bertz CT molecular complexity index is 450. The monoisotopic (exact) mass is 398 g/mol. The number of carbonyl (C=O) groups is 1. The molecule has 1 amide bonds. The summed E-state index contributed by atoms with van der Waals surface area (Å²) in [6.45, 7) is 0. The lowest BCUT2D eigenvalue weighted by atomic mass is 10.5. The molecule has 3 nitrogen and oxygen atoms in total. The Labute approximate surface area is 123 Å². The highest BCUT2D eigenvalue weighted by atomic mass is 79.9. The second-order valence-corrected chi connectivity index (χ2v) is 7.64. The Morgan fingerprint density at radius 1 is 1.56 bits per heavy atom. The number of thiophene rings is 1. The normalized spacial score (nSPS) is 16.8. The number of carbonyl (C=O) groups excluding carboxylic acids is 1. The first-order chi connectivity index (χ1) is 7.58. The Morgan fingerprint density at radius 3 is 2.81 bits per heavy atom. The quantitative estimate of drug-likeness (QED) is 0.563. The molecular formula is C8H4Br2N2OS3. The van der Waals surface area contributed by atoms with Crippen LogP contribution in [0.1, 0.15) is 4.88 Å². The molecule has 0 unspecified atom stereocenters. The molecule has 0 atom stereocenters. The molecule has 0 aromatic carbocycles. The van der Waals surface area contributed by atoms with Crippen LogP contribution in [-0.2, 0) is 4.79 Å². The zero-order valence-corrected chi connectivity index (χ0v) is 13.3. The first-order valence-corrected chi connectivity index (χ1v) is 7.86. The second kappa shape index (κ2) is 5.26. The lowest BCUT2D eigenvalue weighted by Crippen LogP contribution is -2.22. The zero-order valence-electron chi connectivity index (χ0n) is 7.65. The van der Waals surface area contributed by atoms with Crippen molar-refractivity contribution in [1.29, 1.82) is 0 Å². The summed E-state index contributed by atoms with van der Waals surface area (Å²) in [5.41, 5.74) is 0. The molecule has 16 heavy (non-hydrogen) atoms. The van der Waals surface area contributed by atoms with E-state index in [4.69, 9.17) is 12.2 Å². The number of amides is 1. The minimum Gasteiger partial charge on any atom is -0.272 e. The van der Waals surface area contributed by atoms with E-state index in [1.165, 1.54) is 28.1 Å². The van der Waals surface area contributed by atoms with Crippen molar-refractivity contribution in [3.63, 3.8) is 0 Å². The number of hydrogen-bond acceptors (Lipinski definition) is 5. The highest BCUT2D eigenvalue weighted by Gasteiger charge is 2.25. The highest BCUT2D eigenvalue weighted by Crippen LogP contribution is 2.31. The number of thioether (sulfide) groups is 1. The fourth-order valence-electron chi connectivity index (χ4n) is 1.00. The van der Waals surface area contributed by atoms with Gasteiger partial charge < -0.3 is 0 Å². The maximum absolute atomic E-state index is 11.4. The van der Waals surface area contributed by atoms with Crippen molar-refractivity contribution in [2.45, 2.75) is 0 Å².